The number of hydrogen-bond donors (Lipinski definition) is 0. The highest BCUT2D eigenvalue weighted by atomic mass is 32.2. The van der Waals surface area contributed by atoms with Crippen molar-refractivity contribution in [2.45, 2.75) is 6.42 Å². The molecule has 4 heterocycles. The maximum absolute atomic E-state index is 13.8. The zero-order valence-electron chi connectivity index (χ0n) is 22.6. The van der Waals surface area contributed by atoms with Crippen LogP contribution < -0.4 is 20.1 Å². The van der Waals surface area contributed by atoms with E-state index in [2.05, 4.69) is 21.9 Å². The van der Waals surface area contributed by atoms with Crippen LogP contribution >= 0.6 is 24.0 Å². The van der Waals surface area contributed by atoms with Gasteiger partial charge in [-0.15, -0.1) is 0 Å². The van der Waals surface area contributed by atoms with E-state index in [0.717, 1.165) is 30.1 Å². The molecule has 2 aromatic heterocycles. The van der Waals surface area contributed by atoms with Crippen LogP contribution in [0.25, 0.3) is 11.7 Å². The van der Waals surface area contributed by atoms with Crippen molar-refractivity contribution in [3.05, 3.63) is 105 Å². The van der Waals surface area contributed by atoms with Gasteiger partial charge in [0.25, 0.3) is 11.5 Å². The van der Waals surface area contributed by atoms with Gasteiger partial charge in [0.2, 0.25) is 0 Å². The standard InChI is InChI=1S/C31H29N5O3S2/c1-39-24-12-10-23(11-13-24)33-17-19-34(20-18-33)28-25(29(37)35-15-6-5-9-27(35)32-28)21-26-30(38)36(31(40)41-26)16-14-22-7-3-2-4-8-22/h2-13,15,21H,14,16-20H2,1H3/b26-21-. The topological polar surface area (TPSA) is 70.4 Å². The molecule has 0 aliphatic carbocycles. The third-order valence-corrected chi connectivity index (χ3v) is 8.76. The van der Waals surface area contributed by atoms with Crippen LogP contribution in [0, 0.1) is 0 Å². The van der Waals surface area contributed by atoms with E-state index in [-0.39, 0.29) is 11.5 Å². The first-order valence-electron chi connectivity index (χ1n) is 13.5. The number of fused-ring (bicyclic) bond motifs is 1. The fourth-order valence-electron chi connectivity index (χ4n) is 5.14. The Morgan fingerprint density at radius 2 is 1.63 bits per heavy atom. The molecule has 208 valence electrons. The van der Waals surface area contributed by atoms with E-state index in [1.165, 1.54) is 16.2 Å². The summed E-state index contributed by atoms with van der Waals surface area (Å²) in [5.74, 6) is 1.23. The second-order valence-electron chi connectivity index (χ2n) is 9.82. The Morgan fingerprint density at radius 3 is 2.37 bits per heavy atom. The first-order valence-corrected chi connectivity index (χ1v) is 14.7. The van der Waals surface area contributed by atoms with Crippen molar-refractivity contribution in [3.8, 4) is 5.75 Å². The summed E-state index contributed by atoms with van der Waals surface area (Å²) in [4.78, 5) is 38.6. The maximum Gasteiger partial charge on any atom is 0.267 e. The minimum atomic E-state index is -0.210. The summed E-state index contributed by atoms with van der Waals surface area (Å²) in [6.45, 7) is 3.38. The Balaban J connectivity index is 1.28. The summed E-state index contributed by atoms with van der Waals surface area (Å²) >= 11 is 6.81. The summed E-state index contributed by atoms with van der Waals surface area (Å²) in [6, 6.07) is 23.5. The summed E-state index contributed by atoms with van der Waals surface area (Å²) in [7, 11) is 1.66. The van der Waals surface area contributed by atoms with Crippen molar-refractivity contribution in [1.82, 2.24) is 14.3 Å². The van der Waals surface area contributed by atoms with Gasteiger partial charge in [-0.25, -0.2) is 4.98 Å². The van der Waals surface area contributed by atoms with Gasteiger partial charge in [-0.2, -0.15) is 0 Å². The van der Waals surface area contributed by atoms with E-state index in [4.69, 9.17) is 21.9 Å². The SMILES string of the molecule is COc1ccc(N2CCN(c3nc4ccccn4c(=O)c3/C=C3\SC(=S)N(CCc4ccccc4)C3=O)CC2)cc1. The van der Waals surface area contributed by atoms with E-state index in [9.17, 15) is 9.59 Å². The molecule has 0 N–H and O–H groups in total. The van der Waals surface area contributed by atoms with Gasteiger partial charge in [-0.1, -0.05) is 60.4 Å². The fourth-order valence-corrected chi connectivity index (χ4v) is 6.43. The van der Waals surface area contributed by atoms with Crippen LogP contribution in [0.15, 0.2) is 88.7 Å². The van der Waals surface area contributed by atoms with Gasteiger partial charge in [-0.05, 0) is 54.5 Å². The number of carbonyl (C=O) groups excluding carboxylic acids is 1. The molecular formula is C31H29N5O3S2. The van der Waals surface area contributed by atoms with Crippen molar-refractivity contribution in [3.63, 3.8) is 0 Å². The average molecular weight is 584 g/mol. The number of ether oxygens (including phenoxy) is 1. The second kappa shape index (κ2) is 11.8. The number of aromatic nitrogens is 2. The first kappa shape index (κ1) is 27.0. The molecule has 6 rings (SSSR count). The average Bonchev–Trinajstić information content (AvgIpc) is 3.29. The number of hydrogen-bond acceptors (Lipinski definition) is 8. The number of nitrogens with zero attached hydrogens (tertiary/aromatic N) is 5. The predicted molar refractivity (Wildman–Crippen MR) is 169 cm³/mol. The highest BCUT2D eigenvalue weighted by Gasteiger charge is 2.33. The van der Waals surface area contributed by atoms with Crippen LogP contribution in [0.1, 0.15) is 11.1 Å². The number of carbonyl (C=O) groups is 1. The van der Waals surface area contributed by atoms with Crippen LogP contribution in [-0.2, 0) is 11.2 Å². The van der Waals surface area contributed by atoms with Crippen LogP contribution in [0.3, 0.4) is 0 Å². The van der Waals surface area contributed by atoms with Crippen molar-refractivity contribution < 1.29 is 9.53 Å². The highest BCUT2D eigenvalue weighted by molar-refractivity contribution is 8.26. The largest absolute Gasteiger partial charge is 0.497 e. The van der Waals surface area contributed by atoms with Crippen molar-refractivity contribution in [2.75, 3.05) is 49.6 Å². The molecule has 0 spiro atoms. The molecule has 0 saturated carbocycles. The van der Waals surface area contributed by atoms with Gasteiger partial charge in [0.1, 0.15) is 21.5 Å². The predicted octanol–water partition coefficient (Wildman–Crippen LogP) is 4.47. The van der Waals surface area contributed by atoms with E-state index in [1.807, 2.05) is 54.6 Å². The molecule has 0 atom stereocenters. The van der Waals surface area contributed by atoms with Crippen LogP contribution in [0.5, 0.6) is 5.75 Å². The smallest absolute Gasteiger partial charge is 0.267 e. The summed E-state index contributed by atoms with van der Waals surface area (Å²) in [5, 5.41) is 0. The lowest BCUT2D eigenvalue weighted by atomic mass is 10.1. The van der Waals surface area contributed by atoms with E-state index < -0.39 is 0 Å². The molecule has 2 aliphatic rings. The van der Waals surface area contributed by atoms with Crippen molar-refractivity contribution in [1.29, 1.82) is 0 Å². The maximum atomic E-state index is 13.8. The number of thioether (sulfide) groups is 1. The molecule has 2 saturated heterocycles. The van der Waals surface area contributed by atoms with E-state index in [0.29, 0.717) is 52.3 Å². The Labute approximate surface area is 247 Å². The Hall–Kier alpha value is -4.15. The monoisotopic (exact) mass is 583 g/mol. The minimum absolute atomic E-state index is 0.177. The quantitative estimate of drug-likeness (QED) is 0.233. The Morgan fingerprint density at radius 1 is 0.927 bits per heavy atom. The van der Waals surface area contributed by atoms with Gasteiger partial charge < -0.3 is 14.5 Å². The van der Waals surface area contributed by atoms with Crippen LogP contribution in [-0.4, -0.2) is 64.3 Å². The van der Waals surface area contributed by atoms with E-state index >= 15 is 0 Å². The van der Waals surface area contributed by atoms with Gasteiger partial charge in [0.05, 0.1) is 17.6 Å². The number of pyridine rings is 1. The number of benzene rings is 2. The lowest BCUT2D eigenvalue weighted by Gasteiger charge is -2.37. The van der Waals surface area contributed by atoms with Crippen LogP contribution in [0.4, 0.5) is 11.5 Å². The molecule has 10 heteroatoms. The molecule has 0 bridgehead atoms. The molecule has 1 amide bonds. The number of methoxy groups -OCH3 is 1. The van der Waals surface area contributed by atoms with Gasteiger partial charge >= 0.3 is 0 Å². The molecule has 2 aromatic carbocycles. The van der Waals surface area contributed by atoms with Crippen molar-refractivity contribution >= 4 is 57.4 Å². The third-order valence-electron chi connectivity index (χ3n) is 7.38. The summed E-state index contributed by atoms with van der Waals surface area (Å²) < 4.78 is 7.32. The zero-order chi connectivity index (χ0) is 28.3. The molecule has 2 aliphatic heterocycles. The number of thiocarbonyl (C=S) groups is 1. The number of anilines is 2. The number of rotatable bonds is 7. The Bertz CT molecular complexity index is 1680. The molecule has 0 radical (unpaired) electrons. The lowest BCUT2D eigenvalue weighted by Crippen LogP contribution is -2.47. The molecule has 8 nitrogen and oxygen atoms in total. The zero-order valence-corrected chi connectivity index (χ0v) is 24.2. The van der Waals surface area contributed by atoms with Gasteiger partial charge in [-0.3, -0.25) is 18.9 Å². The molecule has 4 aromatic rings. The number of piperazine rings is 1. The molecular weight excluding hydrogens is 555 g/mol. The van der Waals surface area contributed by atoms with E-state index in [1.54, 1.807) is 30.3 Å². The molecule has 2 fully saturated rings. The normalized spacial score (nSPS) is 16.7. The second-order valence-corrected chi connectivity index (χ2v) is 11.5. The summed E-state index contributed by atoms with van der Waals surface area (Å²) in [6.07, 6.45) is 4.09. The van der Waals surface area contributed by atoms with Crippen molar-refractivity contribution in [2.24, 2.45) is 0 Å². The first-order chi connectivity index (χ1) is 20.0. The highest BCUT2D eigenvalue weighted by Crippen LogP contribution is 2.34. The van der Waals surface area contributed by atoms with Crippen LogP contribution in [0.2, 0.25) is 0 Å². The van der Waals surface area contributed by atoms with Gasteiger partial charge in [0.15, 0.2) is 0 Å². The third kappa shape index (κ3) is 5.57. The fraction of sp³-hybridized carbons (Fsp3) is 0.226. The number of amides is 1. The lowest BCUT2D eigenvalue weighted by molar-refractivity contribution is -0.122. The summed E-state index contributed by atoms with van der Waals surface area (Å²) in [5.41, 5.74) is 3.01. The minimum Gasteiger partial charge on any atom is -0.497 e. The van der Waals surface area contributed by atoms with Gasteiger partial charge in [0, 0.05) is 44.6 Å². The molecule has 41 heavy (non-hydrogen) atoms. The Kier molecular flexibility index (Phi) is 7.76. The molecule has 0 unspecified atom stereocenters.